The molecule has 4 unspecified atom stereocenters. The van der Waals surface area contributed by atoms with Gasteiger partial charge in [0.15, 0.2) is 0 Å². The molecular weight excluding hydrogens is 250 g/mol. The fraction of sp³-hybridized carbons (Fsp3) is 0.941. The van der Waals surface area contributed by atoms with E-state index >= 15 is 0 Å². The third-order valence-corrected chi connectivity index (χ3v) is 5.97. The molecule has 1 aliphatic carbocycles. The second-order valence-electron chi connectivity index (χ2n) is 7.75. The molecule has 3 nitrogen and oxygen atoms in total. The van der Waals surface area contributed by atoms with Crippen molar-refractivity contribution < 1.29 is 9.53 Å². The number of nitrogens with zero attached hydrogens (tertiary/aromatic N) is 1. The van der Waals surface area contributed by atoms with Gasteiger partial charge in [-0.2, -0.15) is 0 Å². The summed E-state index contributed by atoms with van der Waals surface area (Å²) in [6, 6.07) is 0.602. The first-order valence-electron chi connectivity index (χ1n) is 8.36. The van der Waals surface area contributed by atoms with Crippen molar-refractivity contribution in [2.45, 2.75) is 71.1 Å². The zero-order chi connectivity index (χ0) is 14.5. The Labute approximate surface area is 123 Å². The molecule has 3 aliphatic rings. The van der Waals surface area contributed by atoms with Crippen LogP contribution in [0.5, 0.6) is 0 Å². The molecule has 0 aromatic carbocycles. The predicted molar refractivity (Wildman–Crippen MR) is 79.6 cm³/mol. The van der Waals surface area contributed by atoms with Crippen molar-refractivity contribution in [3.05, 3.63) is 0 Å². The number of likely N-dealkylation sites (tertiary alicyclic amines) is 1. The van der Waals surface area contributed by atoms with Gasteiger partial charge in [-0.05, 0) is 44.9 Å². The largest absolute Gasteiger partial charge is 0.370 e. The Bertz CT molecular complexity index is 384. The highest BCUT2D eigenvalue weighted by atomic mass is 16.5. The smallest absolute Gasteiger partial charge is 0.141 e. The maximum absolute atomic E-state index is 12.6. The van der Waals surface area contributed by atoms with Crippen molar-refractivity contribution in [2.24, 2.45) is 17.8 Å². The van der Waals surface area contributed by atoms with E-state index in [1.165, 1.54) is 0 Å². The Hall–Kier alpha value is -0.410. The minimum Gasteiger partial charge on any atom is -0.370 e. The number of carbonyl (C=O) groups excluding carboxylic acids is 1. The standard InChI is InChI=1S/C17H29NO2/c1-11(2)18-7-5-17(6-8-18)10-14(19)15-12(3)9-13(4)16(15)20-17/h11-13,15-16H,5-10H2,1-4H3. The van der Waals surface area contributed by atoms with Crippen LogP contribution in [0, 0.1) is 17.8 Å². The van der Waals surface area contributed by atoms with E-state index in [0.29, 0.717) is 30.1 Å². The van der Waals surface area contributed by atoms with Crippen molar-refractivity contribution in [3.8, 4) is 0 Å². The average molecular weight is 279 g/mol. The van der Waals surface area contributed by atoms with Gasteiger partial charge in [-0.25, -0.2) is 0 Å². The molecule has 0 amide bonds. The van der Waals surface area contributed by atoms with Gasteiger partial charge in [-0.3, -0.25) is 4.79 Å². The number of fused-ring (bicyclic) bond motifs is 1. The summed E-state index contributed by atoms with van der Waals surface area (Å²) in [5.41, 5.74) is -0.137. The van der Waals surface area contributed by atoms with Crippen LogP contribution in [-0.4, -0.2) is 41.5 Å². The number of rotatable bonds is 1. The molecule has 0 aromatic heterocycles. The van der Waals surface area contributed by atoms with Crippen LogP contribution in [0.2, 0.25) is 0 Å². The molecule has 3 rings (SSSR count). The molecule has 0 aromatic rings. The lowest BCUT2D eigenvalue weighted by Crippen LogP contribution is -2.56. The predicted octanol–water partition coefficient (Wildman–Crippen LogP) is 2.88. The molecule has 0 radical (unpaired) electrons. The first kappa shape index (κ1) is 14.5. The number of Topliss-reactive ketones (excluding diaryl/α,β-unsaturated/α-hetero) is 1. The van der Waals surface area contributed by atoms with Gasteiger partial charge in [0.25, 0.3) is 0 Å². The third kappa shape index (κ3) is 2.33. The van der Waals surface area contributed by atoms with E-state index in [1.807, 2.05) is 0 Å². The highest BCUT2D eigenvalue weighted by molar-refractivity contribution is 5.84. The van der Waals surface area contributed by atoms with Crippen LogP contribution >= 0.6 is 0 Å². The Kier molecular flexibility index (Phi) is 3.70. The number of hydrogen-bond donors (Lipinski definition) is 0. The van der Waals surface area contributed by atoms with Crippen LogP contribution < -0.4 is 0 Å². The normalized spacial score (nSPS) is 41.4. The van der Waals surface area contributed by atoms with Gasteiger partial charge in [0.2, 0.25) is 0 Å². The van der Waals surface area contributed by atoms with Crippen molar-refractivity contribution >= 4 is 5.78 Å². The van der Waals surface area contributed by atoms with Crippen molar-refractivity contribution in [2.75, 3.05) is 13.1 Å². The number of ether oxygens (including phenoxy) is 1. The average Bonchev–Trinajstić information content (AvgIpc) is 2.65. The monoisotopic (exact) mass is 279 g/mol. The Morgan fingerprint density at radius 3 is 2.45 bits per heavy atom. The van der Waals surface area contributed by atoms with Gasteiger partial charge in [-0.15, -0.1) is 0 Å². The Balaban J connectivity index is 1.73. The van der Waals surface area contributed by atoms with Crippen LogP contribution in [0.4, 0.5) is 0 Å². The molecule has 114 valence electrons. The van der Waals surface area contributed by atoms with Crippen LogP contribution in [0.1, 0.15) is 53.4 Å². The van der Waals surface area contributed by atoms with E-state index in [1.54, 1.807) is 0 Å². The molecule has 2 aliphatic heterocycles. The summed E-state index contributed by atoms with van der Waals surface area (Å²) in [6.07, 6.45) is 4.06. The van der Waals surface area contributed by atoms with E-state index < -0.39 is 0 Å². The minimum atomic E-state index is -0.137. The fourth-order valence-corrected chi connectivity index (χ4v) is 4.74. The number of carbonyl (C=O) groups is 1. The molecule has 1 saturated carbocycles. The van der Waals surface area contributed by atoms with E-state index in [2.05, 4.69) is 32.6 Å². The molecular formula is C17H29NO2. The zero-order valence-corrected chi connectivity index (χ0v) is 13.4. The zero-order valence-electron chi connectivity index (χ0n) is 13.4. The second-order valence-corrected chi connectivity index (χ2v) is 7.75. The van der Waals surface area contributed by atoms with Crippen LogP contribution in [-0.2, 0) is 9.53 Å². The quantitative estimate of drug-likeness (QED) is 0.739. The first-order valence-corrected chi connectivity index (χ1v) is 8.36. The topological polar surface area (TPSA) is 29.5 Å². The lowest BCUT2D eigenvalue weighted by molar-refractivity contribution is -0.186. The van der Waals surface area contributed by atoms with Crippen molar-refractivity contribution in [1.82, 2.24) is 4.90 Å². The SMILES string of the molecule is CC1CC(C)C2C(=O)CC3(CCN(C(C)C)CC3)OC12. The highest BCUT2D eigenvalue weighted by Crippen LogP contribution is 2.48. The van der Waals surface area contributed by atoms with Crippen LogP contribution in [0.25, 0.3) is 0 Å². The lowest BCUT2D eigenvalue weighted by Gasteiger charge is -2.48. The van der Waals surface area contributed by atoms with Gasteiger partial charge in [-0.1, -0.05) is 13.8 Å². The maximum atomic E-state index is 12.6. The summed E-state index contributed by atoms with van der Waals surface area (Å²) in [6.45, 7) is 11.1. The Morgan fingerprint density at radius 1 is 1.20 bits per heavy atom. The number of hydrogen-bond acceptors (Lipinski definition) is 3. The summed E-state index contributed by atoms with van der Waals surface area (Å²) in [5, 5.41) is 0. The summed E-state index contributed by atoms with van der Waals surface area (Å²) in [4.78, 5) is 15.1. The molecule has 0 bridgehead atoms. The minimum absolute atomic E-state index is 0.137. The molecule has 4 atom stereocenters. The molecule has 1 spiro atoms. The maximum Gasteiger partial charge on any atom is 0.141 e. The van der Waals surface area contributed by atoms with Crippen molar-refractivity contribution in [3.63, 3.8) is 0 Å². The molecule has 3 fully saturated rings. The van der Waals surface area contributed by atoms with Gasteiger partial charge in [0.1, 0.15) is 5.78 Å². The van der Waals surface area contributed by atoms with Gasteiger partial charge < -0.3 is 9.64 Å². The Morgan fingerprint density at radius 2 is 1.85 bits per heavy atom. The number of piperidine rings is 1. The van der Waals surface area contributed by atoms with Gasteiger partial charge >= 0.3 is 0 Å². The third-order valence-electron chi connectivity index (χ3n) is 5.97. The van der Waals surface area contributed by atoms with Gasteiger partial charge in [0.05, 0.1) is 11.7 Å². The van der Waals surface area contributed by atoms with Gasteiger partial charge in [0, 0.05) is 31.5 Å². The van der Waals surface area contributed by atoms with Crippen LogP contribution in [0.15, 0.2) is 0 Å². The summed E-state index contributed by atoms with van der Waals surface area (Å²) < 4.78 is 6.57. The fourth-order valence-electron chi connectivity index (χ4n) is 4.74. The van der Waals surface area contributed by atoms with Crippen LogP contribution in [0.3, 0.4) is 0 Å². The highest BCUT2D eigenvalue weighted by Gasteiger charge is 2.53. The molecule has 20 heavy (non-hydrogen) atoms. The lowest BCUT2D eigenvalue weighted by atomic mass is 9.77. The van der Waals surface area contributed by atoms with E-state index in [4.69, 9.17) is 4.74 Å². The van der Waals surface area contributed by atoms with E-state index in [9.17, 15) is 4.79 Å². The molecule has 2 saturated heterocycles. The second kappa shape index (κ2) is 5.10. The molecule has 0 N–H and O–H groups in total. The first-order chi connectivity index (χ1) is 9.42. The molecule has 3 heteroatoms. The van der Waals surface area contributed by atoms with E-state index in [-0.39, 0.29) is 17.6 Å². The number of ketones is 1. The molecule has 2 heterocycles. The van der Waals surface area contributed by atoms with Crippen molar-refractivity contribution in [1.29, 1.82) is 0 Å². The van der Waals surface area contributed by atoms with E-state index in [0.717, 1.165) is 32.4 Å². The summed E-state index contributed by atoms with van der Waals surface area (Å²) in [7, 11) is 0. The summed E-state index contributed by atoms with van der Waals surface area (Å²) in [5.74, 6) is 1.71. The summed E-state index contributed by atoms with van der Waals surface area (Å²) >= 11 is 0.